The molecule has 0 rings (SSSR count). The molecule has 0 saturated heterocycles. The minimum Gasteiger partial charge on any atom is -0.466 e. The maximum atomic E-state index is 11.2. The number of hydrogen-bond donors (Lipinski definition) is 0. The largest absolute Gasteiger partial charge is 0.466 e. The average molecular weight is 260 g/mol. The molecular weight excluding hydrogens is 236 g/mol. The number of unbranched alkanes of at least 4 members (excludes halogenated alkanes) is 2. The highest BCUT2D eigenvalue weighted by atomic mass is 16.6. The summed E-state index contributed by atoms with van der Waals surface area (Å²) in [6, 6.07) is 0. The first-order valence-corrected chi connectivity index (χ1v) is 6.50. The number of rotatable bonds is 11. The third-order valence-corrected chi connectivity index (χ3v) is 2.32. The van der Waals surface area contributed by atoms with Gasteiger partial charge >= 0.3 is 11.9 Å². The molecule has 0 aromatic rings. The fourth-order valence-corrected chi connectivity index (χ4v) is 1.25. The van der Waals surface area contributed by atoms with Gasteiger partial charge in [0, 0.05) is 20.0 Å². The molecule has 5 heteroatoms. The lowest BCUT2D eigenvalue weighted by Gasteiger charge is -2.05. The molecule has 0 heterocycles. The lowest BCUT2D eigenvalue weighted by molar-refractivity contribution is -0.146. The van der Waals surface area contributed by atoms with Crippen LogP contribution in [-0.2, 0) is 23.8 Å². The molecule has 0 spiro atoms. The summed E-state index contributed by atoms with van der Waals surface area (Å²) in [5.41, 5.74) is 0. The Morgan fingerprint density at radius 2 is 1.39 bits per heavy atom. The smallest absolute Gasteiger partial charge is 0.305 e. The molecule has 0 aliphatic carbocycles. The number of hydrogen-bond acceptors (Lipinski definition) is 5. The molecule has 0 radical (unpaired) electrons. The lowest BCUT2D eigenvalue weighted by atomic mass is 10.2. The quantitative estimate of drug-likeness (QED) is 0.420. The van der Waals surface area contributed by atoms with Gasteiger partial charge in [0.15, 0.2) is 0 Å². The lowest BCUT2D eigenvalue weighted by Crippen LogP contribution is -2.10. The van der Waals surface area contributed by atoms with E-state index in [4.69, 9.17) is 14.2 Å². The first-order chi connectivity index (χ1) is 8.70. The Labute approximate surface area is 109 Å². The van der Waals surface area contributed by atoms with Crippen LogP contribution in [0.2, 0.25) is 0 Å². The number of esters is 2. The molecule has 0 unspecified atom stereocenters. The third kappa shape index (κ3) is 11.4. The zero-order valence-electron chi connectivity index (χ0n) is 11.4. The van der Waals surface area contributed by atoms with Crippen LogP contribution < -0.4 is 0 Å². The topological polar surface area (TPSA) is 61.8 Å². The molecule has 106 valence electrons. The first kappa shape index (κ1) is 16.9. The molecule has 18 heavy (non-hydrogen) atoms. The summed E-state index contributed by atoms with van der Waals surface area (Å²) >= 11 is 0. The van der Waals surface area contributed by atoms with Crippen LogP contribution in [0.3, 0.4) is 0 Å². The van der Waals surface area contributed by atoms with Crippen molar-refractivity contribution in [1.82, 2.24) is 0 Å². The van der Waals surface area contributed by atoms with Gasteiger partial charge in [0.05, 0.1) is 13.2 Å². The Kier molecular flexibility index (Phi) is 11.6. The maximum Gasteiger partial charge on any atom is 0.305 e. The summed E-state index contributed by atoms with van der Waals surface area (Å²) in [7, 11) is 1.55. The summed E-state index contributed by atoms with van der Waals surface area (Å²) in [6.45, 7) is 3.24. The van der Waals surface area contributed by atoms with Gasteiger partial charge in [-0.1, -0.05) is 13.3 Å². The second-order valence-corrected chi connectivity index (χ2v) is 3.99. The van der Waals surface area contributed by atoms with Crippen molar-refractivity contribution in [3.8, 4) is 0 Å². The highest BCUT2D eigenvalue weighted by Gasteiger charge is 2.05. The van der Waals surface area contributed by atoms with Gasteiger partial charge in [0.2, 0.25) is 0 Å². The first-order valence-electron chi connectivity index (χ1n) is 6.50. The van der Waals surface area contributed by atoms with E-state index in [0.717, 1.165) is 12.8 Å². The number of methoxy groups -OCH3 is 1. The van der Waals surface area contributed by atoms with Gasteiger partial charge in [-0.05, 0) is 19.3 Å². The summed E-state index contributed by atoms with van der Waals surface area (Å²) in [6.07, 6.45) is 3.93. The number of carbonyl (C=O) groups is 2. The Balaban J connectivity index is 3.32. The van der Waals surface area contributed by atoms with Gasteiger partial charge in [-0.15, -0.1) is 0 Å². The fourth-order valence-electron chi connectivity index (χ4n) is 1.25. The van der Waals surface area contributed by atoms with E-state index in [2.05, 4.69) is 0 Å². The molecule has 0 aromatic carbocycles. The van der Waals surface area contributed by atoms with Crippen molar-refractivity contribution in [3.63, 3.8) is 0 Å². The van der Waals surface area contributed by atoms with Crippen molar-refractivity contribution in [2.24, 2.45) is 0 Å². The molecule has 0 atom stereocenters. The van der Waals surface area contributed by atoms with Crippen LogP contribution >= 0.6 is 0 Å². The van der Waals surface area contributed by atoms with E-state index < -0.39 is 0 Å². The molecule has 0 aliphatic rings. The Morgan fingerprint density at radius 3 is 1.89 bits per heavy atom. The Hall–Kier alpha value is -1.10. The molecular formula is C13H24O5. The van der Waals surface area contributed by atoms with Gasteiger partial charge in [-0.2, -0.15) is 0 Å². The van der Waals surface area contributed by atoms with E-state index in [1.165, 1.54) is 0 Å². The van der Waals surface area contributed by atoms with Gasteiger partial charge in [-0.25, -0.2) is 0 Å². The molecule has 0 fully saturated rings. The summed E-state index contributed by atoms with van der Waals surface area (Å²) in [5, 5.41) is 0. The third-order valence-electron chi connectivity index (χ3n) is 2.32. The minimum atomic E-state index is -0.244. The van der Waals surface area contributed by atoms with E-state index in [0.29, 0.717) is 38.9 Å². The van der Waals surface area contributed by atoms with E-state index >= 15 is 0 Å². The summed E-state index contributed by atoms with van der Waals surface area (Å²) < 4.78 is 14.6. The predicted octanol–water partition coefficient (Wildman–Crippen LogP) is 2.08. The second kappa shape index (κ2) is 12.4. The van der Waals surface area contributed by atoms with Gasteiger partial charge < -0.3 is 14.2 Å². The average Bonchev–Trinajstić information content (AvgIpc) is 2.35. The van der Waals surface area contributed by atoms with Crippen molar-refractivity contribution in [3.05, 3.63) is 0 Å². The highest BCUT2D eigenvalue weighted by molar-refractivity contribution is 5.70. The van der Waals surface area contributed by atoms with E-state index in [9.17, 15) is 9.59 Å². The Bertz CT molecular complexity index is 203. The monoisotopic (exact) mass is 260 g/mol. The van der Waals surface area contributed by atoms with Gasteiger partial charge in [0.1, 0.15) is 6.61 Å². The summed E-state index contributed by atoms with van der Waals surface area (Å²) in [4.78, 5) is 22.4. The van der Waals surface area contributed by atoms with Gasteiger partial charge in [-0.3, -0.25) is 9.59 Å². The zero-order chi connectivity index (χ0) is 13.6. The zero-order valence-corrected chi connectivity index (χ0v) is 11.4. The predicted molar refractivity (Wildman–Crippen MR) is 67.2 cm³/mol. The van der Waals surface area contributed by atoms with Crippen LogP contribution in [-0.4, -0.2) is 38.9 Å². The number of ether oxygens (including phenoxy) is 3. The van der Waals surface area contributed by atoms with Crippen LogP contribution in [0.5, 0.6) is 0 Å². The van der Waals surface area contributed by atoms with Crippen molar-refractivity contribution in [1.29, 1.82) is 0 Å². The second-order valence-electron chi connectivity index (χ2n) is 3.99. The van der Waals surface area contributed by atoms with Crippen LogP contribution in [0.4, 0.5) is 0 Å². The summed E-state index contributed by atoms with van der Waals surface area (Å²) in [5.74, 6) is -0.428. The van der Waals surface area contributed by atoms with Crippen molar-refractivity contribution in [2.45, 2.75) is 45.4 Å². The van der Waals surface area contributed by atoms with Crippen LogP contribution in [0.25, 0.3) is 0 Å². The maximum absolute atomic E-state index is 11.2. The van der Waals surface area contributed by atoms with Gasteiger partial charge in [0.25, 0.3) is 0 Å². The minimum absolute atomic E-state index is 0.184. The fraction of sp³-hybridized carbons (Fsp3) is 0.846. The molecule has 0 aromatic heterocycles. The standard InChI is InChI=1S/C13H24O5/c1-3-4-9-17-12(14)7-5-6-8-13(15)18-11-10-16-2/h3-11H2,1-2H3. The molecule has 5 nitrogen and oxygen atoms in total. The normalized spacial score (nSPS) is 10.1. The van der Waals surface area contributed by atoms with E-state index in [1.54, 1.807) is 7.11 Å². The number of carbonyl (C=O) groups excluding carboxylic acids is 2. The van der Waals surface area contributed by atoms with E-state index in [-0.39, 0.29) is 18.5 Å². The molecule has 0 saturated carbocycles. The molecule has 0 aliphatic heterocycles. The SMILES string of the molecule is CCCCOC(=O)CCCCC(=O)OCCOC. The van der Waals surface area contributed by atoms with Crippen molar-refractivity contribution in [2.75, 3.05) is 26.9 Å². The van der Waals surface area contributed by atoms with Crippen LogP contribution in [0, 0.1) is 0 Å². The molecule has 0 N–H and O–H groups in total. The van der Waals surface area contributed by atoms with Crippen molar-refractivity contribution < 1.29 is 23.8 Å². The molecule has 0 bridgehead atoms. The Morgan fingerprint density at radius 1 is 0.833 bits per heavy atom. The van der Waals surface area contributed by atoms with Crippen LogP contribution in [0.15, 0.2) is 0 Å². The van der Waals surface area contributed by atoms with Crippen LogP contribution in [0.1, 0.15) is 45.4 Å². The highest BCUT2D eigenvalue weighted by Crippen LogP contribution is 2.03. The van der Waals surface area contributed by atoms with Crippen molar-refractivity contribution >= 4 is 11.9 Å². The molecule has 0 amide bonds. The van der Waals surface area contributed by atoms with E-state index in [1.807, 2.05) is 6.92 Å².